The molecule has 6 heteroatoms. The van der Waals surface area contributed by atoms with Crippen LogP contribution in [-0.2, 0) is 13.2 Å². The molecule has 0 spiro atoms. The number of hydrogen-bond donors (Lipinski definition) is 1. The van der Waals surface area contributed by atoms with Gasteiger partial charge in [-0.1, -0.05) is 18.2 Å². The van der Waals surface area contributed by atoms with Crippen LogP contribution in [0.2, 0.25) is 0 Å². The number of nitrogens with one attached hydrogen (secondary N) is 1. The zero-order valence-electron chi connectivity index (χ0n) is 15.5. The second-order valence-corrected chi connectivity index (χ2v) is 7.18. The number of amides is 1. The van der Waals surface area contributed by atoms with Crippen LogP contribution in [0.1, 0.15) is 39.0 Å². The molecule has 136 valence electrons. The highest BCUT2D eigenvalue weighted by Crippen LogP contribution is 2.25. The van der Waals surface area contributed by atoms with E-state index >= 15 is 0 Å². The van der Waals surface area contributed by atoms with Crippen LogP contribution in [-0.4, -0.2) is 15.7 Å². The van der Waals surface area contributed by atoms with Crippen LogP contribution in [0.15, 0.2) is 35.8 Å². The monoisotopic (exact) mass is 369 g/mol. The van der Waals surface area contributed by atoms with E-state index in [2.05, 4.69) is 10.4 Å². The number of para-hydroxylation sites is 1. The fourth-order valence-electron chi connectivity index (χ4n) is 2.74. The minimum atomic E-state index is -0.118. The molecular weight excluding hydrogens is 346 g/mol. The van der Waals surface area contributed by atoms with Crippen molar-refractivity contribution in [3.05, 3.63) is 63.1 Å². The highest BCUT2D eigenvalue weighted by molar-refractivity contribution is 7.12. The quantitative estimate of drug-likeness (QED) is 0.684. The molecule has 2 heterocycles. The predicted octanol–water partition coefficient (Wildman–Crippen LogP) is 4.72. The first-order valence-electron chi connectivity index (χ1n) is 8.59. The Morgan fingerprint density at radius 2 is 2.00 bits per heavy atom. The molecule has 2 aromatic heterocycles. The van der Waals surface area contributed by atoms with Gasteiger partial charge in [-0.2, -0.15) is 5.10 Å². The second-order valence-electron chi connectivity index (χ2n) is 6.27. The smallest absolute Gasteiger partial charge is 0.265 e. The fraction of sp³-hybridized carbons (Fsp3) is 0.300. The molecule has 0 unspecified atom stereocenters. The van der Waals surface area contributed by atoms with Crippen LogP contribution in [0, 0.1) is 20.8 Å². The molecule has 0 bridgehead atoms. The molecule has 0 aliphatic rings. The summed E-state index contributed by atoms with van der Waals surface area (Å²) in [6.07, 6.45) is 1.85. The van der Waals surface area contributed by atoms with Crippen LogP contribution in [0.5, 0.6) is 5.75 Å². The van der Waals surface area contributed by atoms with Crippen molar-refractivity contribution in [2.45, 2.75) is 40.8 Å². The van der Waals surface area contributed by atoms with E-state index in [-0.39, 0.29) is 5.91 Å². The summed E-state index contributed by atoms with van der Waals surface area (Å²) in [6.45, 7) is 9.19. The van der Waals surface area contributed by atoms with E-state index in [1.54, 1.807) is 0 Å². The van der Waals surface area contributed by atoms with Gasteiger partial charge in [0.15, 0.2) is 0 Å². The van der Waals surface area contributed by atoms with Gasteiger partial charge in [0.25, 0.3) is 5.91 Å². The van der Waals surface area contributed by atoms with Crippen LogP contribution in [0.3, 0.4) is 0 Å². The van der Waals surface area contributed by atoms with Gasteiger partial charge in [-0.25, -0.2) is 0 Å². The fourth-order valence-corrected chi connectivity index (χ4v) is 3.53. The van der Waals surface area contributed by atoms with E-state index in [4.69, 9.17) is 4.74 Å². The minimum absolute atomic E-state index is 0.118. The maximum atomic E-state index is 12.5. The molecule has 1 aromatic carbocycles. The standard InChI is InChI=1S/C20H23N3O2S/c1-5-23-10-17(15(4)22-23)21-20(24)18-9-16(12-26-18)11-25-19-13(2)7-6-8-14(19)3/h6-10,12H,5,11H2,1-4H3,(H,21,24). The minimum Gasteiger partial charge on any atom is -0.488 e. The van der Waals surface area contributed by atoms with E-state index in [9.17, 15) is 4.79 Å². The number of thiophene rings is 1. The van der Waals surface area contributed by atoms with Crippen molar-refractivity contribution in [2.75, 3.05) is 5.32 Å². The van der Waals surface area contributed by atoms with E-state index in [1.165, 1.54) is 11.3 Å². The summed E-state index contributed by atoms with van der Waals surface area (Å²) in [6, 6.07) is 7.97. The number of anilines is 1. The third kappa shape index (κ3) is 3.96. The van der Waals surface area contributed by atoms with Crippen molar-refractivity contribution >= 4 is 22.9 Å². The molecule has 0 aliphatic carbocycles. The van der Waals surface area contributed by atoms with Crippen molar-refractivity contribution in [1.82, 2.24) is 9.78 Å². The van der Waals surface area contributed by atoms with Gasteiger partial charge in [0.2, 0.25) is 0 Å². The number of ether oxygens (including phenoxy) is 1. The van der Waals surface area contributed by atoms with Gasteiger partial charge in [-0.3, -0.25) is 9.48 Å². The van der Waals surface area contributed by atoms with Crippen LogP contribution in [0.25, 0.3) is 0 Å². The van der Waals surface area contributed by atoms with E-state index in [0.29, 0.717) is 11.5 Å². The molecule has 1 amide bonds. The number of aryl methyl sites for hydroxylation is 4. The highest BCUT2D eigenvalue weighted by Gasteiger charge is 2.13. The van der Waals surface area contributed by atoms with Crippen molar-refractivity contribution < 1.29 is 9.53 Å². The van der Waals surface area contributed by atoms with E-state index in [1.807, 2.05) is 68.2 Å². The first kappa shape index (κ1) is 18.2. The Hall–Kier alpha value is -2.60. The highest BCUT2D eigenvalue weighted by atomic mass is 32.1. The van der Waals surface area contributed by atoms with Gasteiger partial charge in [0, 0.05) is 18.3 Å². The Morgan fingerprint density at radius 1 is 1.27 bits per heavy atom. The zero-order chi connectivity index (χ0) is 18.7. The lowest BCUT2D eigenvalue weighted by atomic mass is 10.1. The van der Waals surface area contributed by atoms with Gasteiger partial charge in [-0.15, -0.1) is 11.3 Å². The van der Waals surface area contributed by atoms with Gasteiger partial charge in [0.05, 0.1) is 16.3 Å². The lowest BCUT2D eigenvalue weighted by Crippen LogP contribution is -2.10. The molecule has 0 radical (unpaired) electrons. The number of carbonyl (C=O) groups excluding carboxylic acids is 1. The zero-order valence-corrected chi connectivity index (χ0v) is 16.3. The van der Waals surface area contributed by atoms with Crippen molar-refractivity contribution in [3.63, 3.8) is 0 Å². The topological polar surface area (TPSA) is 56.2 Å². The second kappa shape index (κ2) is 7.74. The molecule has 0 fully saturated rings. The molecule has 3 rings (SSSR count). The SMILES string of the molecule is CCn1cc(NC(=O)c2cc(COc3c(C)cccc3C)cs2)c(C)n1. The van der Waals surface area contributed by atoms with Gasteiger partial charge in [-0.05, 0) is 50.3 Å². The summed E-state index contributed by atoms with van der Waals surface area (Å²) >= 11 is 1.42. The van der Waals surface area contributed by atoms with E-state index in [0.717, 1.165) is 40.4 Å². The molecular formula is C20H23N3O2S. The van der Waals surface area contributed by atoms with E-state index < -0.39 is 0 Å². The third-order valence-corrected chi connectivity index (χ3v) is 5.17. The Kier molecular flexibility index (Phi) is 5.42. The van der Waals surface area contributed by atoms with Crippen LogP contribution < -0.4 is 10.1 Å². The summed E-state index contributed by atoms with van der Waals surface area (Å²) in [5, 5.41) is 9.24. The molecule has 0 atom stereocenters. The number of hydrogen-bond acceptors (Lipinski definition) is 4. The van der Waals surface area contributed by atoms with Crippen LogP contribution >= 0.6 is 11.3 Å². The maximum absolute atomic E-state index is 12.5. The summed E-state index contributed by atoms with van der Waals surface area (Å²) < 4.78 is 7.77. The maximum Gasteiger partial charge on any atom is 0.265 e. The van der Waals surface area contributed by atoms with Crippen molar-refractivity contribution in [3.8, 4) is 5.75 Å². The molecule has 3 aromatic rings. The summed E-state index contributed by atoms with van der Waals surface area (Å²) in [7, 11) is 0. The lowest BCUT2D eigenvalue weighted by Gasteiger charge is -2.10. The Labute approximate surface area is 157 Å². The first-order valence-corrected chi connectivity index (χ1v) is 9.47. The average molecular weight is 369 g/mol. The third-order valence-electron chi connectivity index (χ3n) is 4.19. The van der Waals surface area contributed by atoms with Gasteiger partial charge < -0.3 is 10.1 Å². The molecule has 0 aliphatic heterocycles. The molecule has 5 nitrogen and oxygen atoms in total. The molecule has 0 saturated carbocycles. The predicted molar refractivity (Wildman–Crippen MR) is 105 cm³/mol. The Morgan fingerprint density at radius 3 is 2.65 bits per heavy atom. The van der Waals surface area contributed by atoms with Crippen molar-refractivity contribution in [1.29, 1.82) is 0 Å². The lowest BCUT2D eigenvalue weighted by molar-refractivity contribution is 0.103. The largest absolute Gasteiger partial charge is 0.488 e. The summed E-state index contributed by atoms with van der Waals surface area (Å²) in [5.74, 6) is 0.791. The van der Waals surface area contributed by atoms with Crippen molar-refractivity contribution in [2.24, 2.45) is 0 Å². The number of carbonyl (C=O) groups is 1. The molecule has 0 saturated heterocycles. The van der Waals surface area contributed by atoms with Crippen LogP contribution in [0.4, 0.5) is 5.69 Å². The number of aromatic nitrogens is 2. The summed E-state index contributed by atoms with van der Waals surface area (Å²) in [4.78, 5) is 13.1. The number of benzene rings is 1. The average Bonchev–Trinajstić information content (AvgIpc) is 3.21. The molecule has 26 heavy (non-hydrogen) atoms. The Balaban J connectivity index is 1.65. The Bertz CT molecular complexity index is 907. The number of nitrogens with zero attached hydrogens (tertiary/aromatic N) is 2. The first-order chi connectivity index (χ1) is 12.5. The number of rotatable bonds is 6. The van der Waals surface area contributed by atoms with Gasteiger partial charge in [0.1, 0.15) is 12.4 Å². The molecule has 1 N–H and O–H groups in total. The van der Waals surface area contributed by atoms with Gasteiger partial charge >= 0.3 is 0 Å². The summed E-state index contributed by atoms with van der Waals surface area (Å²) in [5.41, 5.74) is 4.78. The normalized spacial score (nSPS) is 10.8.